The van der Waals surface area contributed by atoms with Crippen molar-refractivity contribution in [3.05, 3.63) is 29.3 Å². The van der Waals surface area contributed by atoms with E-state index in [1.165, 1.54) is 63.0 Å². The predicted octanol–water partition coefficient (Wildman–Crippen LogP) is 2.24. The Hall–Kier alpha value is -1.06. The van der Waals surface area contributed by atoms with E-state index >= 15 is 0 Å². The van der Waals surface area contributed by atoms with Crippen LogP contribution in [0.25, 0.3) is 0 Å². The standard InChI is InChI=1S/C17H26N2O/c1(10-19-11-3-8-18-9-12-19)4-15-6-7-17-16(14-15)5-2-13-20-17/h6-7,14,18H,1-5,8-13H2. The van der Waals surface area contributed by atoms with Gasteiger partial charge >= 0.3 is 0 Å². The Morgan fingerprint density at radius 1 is 1.15 bits per heavy atom. The summed E-state index contributed by atoms with van der Waals surface area (Å²) in [6.07, 6.45) is 6.09. The molecule has 110 valence electrons. The molecule has 0 spiro atoms. The molecule has 2 aliphatic heterocycles. The van der Waals surface area contributed by atoms with Crippen LogP contribution in [-0.2, 0) is 12.8 Å². The van der Waals surface area contributed by atoms with Gasteiger partial charge in [-0.15, -0.1) is 0 Å². The molecule has 1 fully saturated rings. The molecule has 1 N–H and O–H groups in total. The molecule has 0 bridgehead atoms. The van der Waals surface area contributed by atoms with E-state index in [0.717, 1.165) is 25.3 Å². The minimum Gasteiger partial charge on any atom is -0.493 e. The Balaban J connectivity index is 1.48. The summed E-state index contributed by atoms with van der Waals surface area (Å²) in [6, 6.07) is 6.77. The molecule has 0 amide bonds. The van der Waals surface area contributed by atoms with Gasteiger partial charge in [-0.1, -0.05) is 12.1 Å². The molecule has 0 aliphatic carbocycles. The van der Waals surface area contributed by atoms with Crippen molar-refractivity contribution in [1.82, 2.24) is 10.2 Å². The first-order valence-corrected chi connectivity index (χ1v) is 8.09. The second-order valence-electron chi connectivity index (χ2n) is 5.94. The molecule has 2 heterocycles. The van der Waals surface area contributed by atoms with Gasteiger partial charge in [0.25, 0.3) is 0 Å². The summed E-state index contributed by atoms with van der Waals surface area (Å²) in [7, 11) is 0. The van der Waals surface area contributed by atoms with Gasteiger partial charge in [0.15, 0.2) is 0 Å². The number of hydrogen-bond acceptors (Lipinski definition) is 3. The third kappa shape index (κ3) is 3.74. The summed E-state index contributed by atoms with van der Waals surface area (Å²) in [4.78, 5) is 2.60. The number of ether oxygens (including phenoxy) is 1. The van der Waals surface area contributed by atoms with Crippen molar-refractivity contribution in [2.24, 2.45) is 0 Å². The molecular weight excluding hydrogens is 248 g/mol. The highest BCUT2D eigenvalue weighted by atomic mass is 16.5. The fourth-order valence-corrected chi connectivity index (χ4v) is 3.20. The molecule has 1 aromatic carbocycles. The highest BCUT2D eigenvalue weighted by molar-refractivity contribution is 5.38. The first-order chi connectivity index (χ1) is 9.92. The average molecular weight is 274 g/mol. The summed E-state index contributed by atoms with van der Waals surface area (Å²) >= 11 is 0. The van der Waals surface area contributed by atoms with Crippen LogP contribution in [0.2, 0.25) is 0 Å². The van der Waals surface area contributed by atoms with Crippen LogP contribution in [0.5, 0.6) is 5.75 Å². The quantitative estimate of drug-likeness (QED) is 0.911. The van der Waals surface area contributed by atoms with Gasteiger partial charge in [0, 0.05) is 13.1 Å². The van der Waals surface area contributed by atoms with Gasteiger partial charge < -0.3 is 15.0 Å². The smallest absolute Gasteiger partial charge is 0.122 e. The molecule has 1 saturated heterocycles. The van der Waals surface area contributed by atoms with E-state index in [1.807, 2.05) is 0 Å². The van der Waals surface area contributed by atoms with Crippen molar-refractivity contribution < 1.29 is 4.74 Å². The lowest BCUT2D eigenvalue weighted by Crippen LogP contribution is -2.29. The van der Waals surface area contributed by atoms with Crippen LogP contribution in [0.3, 0.4) is 0 Å². The van der Waals surface area contributed by atoms with Crippen LogP contribution in [-0.4, -0.2) is 44.2 Å². The van der Waals surface area contributed by atoms with Gasteiger partial charge in [0.05, 0.1) is 6.61 Å². The molecule has 2 aliphatic rings. The Kier molecular flexibility index (Phi) is 4.93. The van der Waals surface area contributed by atoms with Crippen molar-refractivity contribution in [2.45, 2.75) is 32.1 Å². The lowest BCUT2D eigenvalue weighted by atomic mass is 10.0. The third-order valence-corrected chi connectivity index (χ3v) is 4.35. The Morgan fingerprint density at radius 3 is 3.15 bits per heavy atom. The van der Waals surface area contributed by atoms with Crippen LogP contribution in [0.15, 0.2) is 18.2 Å². The lowest BCUT2D eigenvalue weighted by molar-refractivity contribution is 0.286. The first-order valence-electron chi connectivity index (χ1n) is 8.09. The molecular formula is C17H26N2O. The molecule has 3 heteroatoms. The van der Waals surface area contributed by atoms with Crippen LogP contribution in [0, 0.1) is 0 Å². The highest BCUT2D eigenvalue weighted by Crippen LogP contribution is 2.25. The molecule has 0 unspecified atom stereocenters. The molecule has 20 heavy (non-hydrogen) atoms. The van der Waals surface area contributed by atoms with Gasteiger partial charge in [-0.3, -0.25) is 0 Å². The molecule has 0 aromatic heterocycles. The Labute approximate surface area is 122 Å². The monoisotopic (exact) mass is 274 g/mol. The van der Waals surface area contributed by atoms with Crippen molar-refractivity contribution in [3.8, 4) is 5.75 Å². The topological polar surface area (TPSA) is 24.5 Å². The second kappa shape index (κ2) is 7.09. The minimum atomic E-state index is 0.884. The fraction of sp³-hybridized carbons (Fsp3) is 0.647. The zero-order chi connectivity index (χ0) is 13.6. The third-order valence-electron chi connectivity index (χ3n) is 4.35. The Bertz CT molecular complexity index is 425. The zero-order valence-corrected chi connectivity index (χ0v) is 12.4. The second-order valence-corrected chi connectivity index (χ2v) is 5.94. The maximum atomic E-state index is 5.68. The highest BCUT2D eigenvalue weighted by Gasteiger charge is 2.11. The van der Waals surface area contributed by atoms with E-state index in [1.54, 1.807) is 0 Å². The van der Waals surface area contributed by atoms with E-state index in [-0.39, 0.29) is 0 Å². The number of hydrogen-bond donors (Lipinski definition) is 1. The fourth-order valence-electron chi connectivity index (χ4n) is 3.20. The maximum absolute atomic E-state index is 5.68. The molecule has 3 nitrogen and oxygen atoms in total. The van der Waals surface area contributed by atoms with E-state index < -0.39 is 0 Å². The summed E-state index contributed by atoms with van der Waals surface area (Å²) in [5.41, 5.74) is 2.88. The lowest BCUT2D eigenvalue weighted by Gasteiger charge is -2.20. The van der Waals surface area contributed by atoms with Crippen LogP contribution >= 0.6 is 0 Å². The number of rotatable bonds is 4. The van der Waals surface area contributed by atoms with Crippen LogP contribution in [0.4, 0.5) is 0 Å². The molecule has 1 aromatic rings. The number of nitrogens with one attached hydrogen (secondary N) is 1. The average Bonchev–Trinajstić information content (AvgIpc) is 2.76. The van der Waals surface area contributed by atoms with Crippen LogP contribution in [0.1, 0.15) is 30.4 Å². The summed E-state index contributed by atoms with van der Waals surface area (Å²) < 4.78 is 5.68. The maximum Gasteiger partial charge on any atom is 0.122 e. The zero-order valence-electron chi connectivity index (χ0n) is 12.4. The normalized spacial score (nSPS) is 20.0. The van der Waals surface area contributed by atoms with Gasteiger partial charge in [-0.25, -0.2) is 0 Å². The van der Waals surface area contributed by atoms with Crippen molar-refractivity contribution >= 4 is 0 Å². The summed E-state index contributed by atoms with van der Waals surface area (Å²) in [5.74, 6) is 1.11. The SMILES string of the molecule is c1cc2c(cc1CCCN1CCCNCC1)CCCO2. The Morgan fingerprint density at radius 2 is 2.15 bits per heavy atom. The van der Waals surface area contributed by atoms with Crippen molar-refractivity contribution in [1.29, 1.82) is 0 Å². The minimum absolute atomic E-state index is 0.884. The van der Waals surface area contributed by atoms with Crippen LogP contribution < -0.4 is 10.1 Å². The number of nitrogens with zero attached hydrogens (tertiary/aromatic N) is 1. The number of benzene rings is 1. The van der Waals surface area contributed by atoms with E-state index in [0.29, 0.717) is 0 Å². The van der Waals surface area contributed by atoms with Gasteiger partial charge in [0.2, 0.25) is 0 Å². The van der Waals surface area contributed by atoms with Gasteiger partial charge in [-0.05, 0) is 68.9 Å². The number of fused-ring (bicyclic) bond motifs is 1. The van der Waals surface area contributed by atoms with Gasteiger partial charge in [0.1, 0.15) is 5.75 Å². The molecule has 3 rings (SSSR count). The summed E-state index contributed by atoms with van der Waals surface area (Å²) in [5, 5.41) is 3.46. The molecule has 0 saturated carbocycles. The first kappa shape index (κ1) is 13.9. The van der Waals surface area contributed by atoms with E-state index in [4.69, 9.17) is 4.74 Å². The van der Waals surface area contributed by atoms with Crippen molar-refractivity contribution in [3.63, 3.8) is 0 Å². The van der Waals surface area contributed by atoms with E-state index in [2.05, 4.69) is 28.4 Å². The molecule has 0 radical (unpaired) electrons. The van der Waals surface area contributed by atoms with Gasteiger partial charge in [-0.2, -0.15) is 0 Å². The molecule has 0 atom stereocenters. The summed E-state index contributed by atoms with van der Waals surface area (Å²) in [6.45, 7) is 6.91. The predicted molar refractivity (Wildman–Crippen MR) is 82.5 cm³/mol. The number of aryl methyl sites for hydroxylation is 2. The van der Waals surface area contributed by atoms with Crippen molar-refractivity contribution in [2.75, 3.05) is 39.3 Å². The largest absolute Gasteiger partial charge is 0.493 e. The van der Waals surface area contributed by atoms with E-state index in [9.17, 15) is 0 Å².